The van der Waals surface area contributed by atoms with Gasteiger partial charge in [0.15, 0.2) is 0 Å². The molecule has 0 saturated carbocycles. The summed E-state index contributed by atoms with van der Waals surface area (Å²) in [4.78, 5) is 14.3. The van der Waals surface area contributed by atoms with E-state index in [4.69, 9.17) is 4.74 Å². The predicted molar refractivity (Wildman–Crippen MR) is 101 cm³/mol. The van der Waals surface area contributed by atoms with Gasteiger partial charge in [-0.25, -0.2) is 0 Å². The molecule has 3 aromatic carbocycles. The Hall–Kier alpha value is -3.07. The molecule has 0 radical (unpaired) electrons. The van der Waals surface area contributed by atoms with Crippen LogP contribution in [0, 0.1) is 6.92 Å². The lowest BCUT2D eigenvalue weighted by Gasteiger charge is -2.18. The van der Waals surface area contributed by atoms with E-state index < -0.39 is 0 Å². The highest BCUT2D eigenvalue weighted by molar-refractivity contribution is 6.05. The van der Waals surface area contributed by atoms with Crippen LogP contribution in [-0.2, 0) is 6.61 Å². The van der Waals surface area contributed by atoms with E-state index in [1.165, 1.54) is 5.56 Å². The number of carbonyl (C=O) groups is 1. The smallest absolute Gasteiger partial charge is 0.258 e. The van der Waals surface area contributed by atoms with E-state index in [0.717, 1.165) is 17.0 Å². The third-order valence-electron chi connectivity index (χ3n) is 4.08. The van der Waals surface area contributed by atoms with Crippen molar-refractivity contribution in [2.24, 2.45) is 0 Å². The highest BCUT2D eigenvalue weighted by atomic mass is 16.5. The molecule has 3 nitrogen and oxygen atoms in total. The number of nitrogens with zero attached hydrogens (tertiary/aromatic N) is 1. The fourth-order valence-corrected chi connectivity index (χ4v) is 2.51. The van der Waals surface area contributed by atoms with Crippen molar-refractivity contribution in [3.8, 4) is 5.75 Å². The third kappa shape index (κ3) is 4.27. The Morgan fingerprint density at radius 1 is 0.880 bits per heavy atom. The summed E-state index contributed by atoms with van der Waals surface area (Å²) in [5, 5.41) is 0. The number of aryl methyl sites for hydroxylation is 1. The van der Waals surface area contributed by atoms with Crippen LogP contribution in [0.4, 0.5) is 5.69 Å². The minimum atomic E-state index is -0.0284. The molecule has 0 N–H and O–H groups in total. The molecule has 0 atom stereocenters. The Morgan fingerprint density at radius 3 is 2.16 bits per heavy atom. The first-order valence-corrected chi connectivity index (χ1v) is 8.25. The minimum Gasteiger partial charge on any atom is -0.489 e. The van der Waals surface area contributed by atoms with Crippen molar-refractivity contribution in [3.05, 3.63) is 95.6 Å². The van der Waals surface area contributed by atoms with Gasteiger partial charge in [0.25, 0.3) is 5.91 Å². The average Bonchev–Trinajstić information content (AvgIpc) is 2.67. The standard InChI is InChI=1S/C22H21NO2/c1-17-8-14-20(15-9-17)23(2)22(24)19-12-10-18(11-13-19)16-25-21-6-4-3-5-7-21/h3-15H,16H2,1-2H3. The lowest BCUT2D eigenvalue weighted by molar-refractivity contribution is 0.0993. The molecule has 0 heterocycles. The maximum absolute atomic E-state index is 12.6. The molecule has 0 saturated heterocycles. The molecule has 3 aromatic rings. The first-order valence-electron chi connectivity index (χ1n) is 8.25. The summed E-state index contributed by atoms with van der Waals surface area (Å²) in [6.07, 6.45) is 0. The largest absolute Gasteiger partial charge is 0.489 e. The molecule has 1 amide bonds. The first-order chi connectivity index (χ1) is 12.1. The Kier molecular flexibility index (Phi) is 5.14. The highest BCUT2D eigenvalue weighted by Crippen LogP contribution is 2.17. The molecule has 0 unspecified atom stereocenters. The van der Waals surface area contributed by atoms with Crippen LogP contribution in [0.3, 0.4) is 0 Å². The second kappa shape index (κ2) is 7.67. The van der Waals surface area contributed by atoms with Crippen molar-refractivity contribution in [3.63, 3.8) is 0 Å². The van der Waals surface area contributed by atoms with Gasteiger partial charge in [0.2, 0.25) is 0 Å². The summed E-state index contributed by atoms with van der Waals surface area (Å²) in [6.45, 7) is 2.51. The molecule has 3 rings (SSSR count). The number of carbonyl (C=O) groups excluding carboxylic acids is 1. The molecule has 0 spiro atoms. The van der Waals surface area contributed by atoms with Crippen molar-refractivity contribution in [1.29, 1.82) is 0 Å². The number of anilines is 1. The molecular formula is C22H21NO2. The topological polar surface area (TPSA) is 29.5 Å². The van der Waals surface area contributed by atoms with E-state index >= 15 is 0 Å². The SMILES string of the molecule is Cc1ccc(N(C)C(=O)c2ccc(COc3ccccc3)cc2)cc1. The van der Waals surface area contributed by atoms with Gasteiger partial charge in [-0.05, 0) is 48.9 Å². The van der Waals surface area contributed by atoms with Crippen LogP contribution in [0.15, 0.2) is 78.9 Å². The molecule has 0 bridgehead atoms. The van der Waals surface area contributed by atoms with Gasteiger partial charge in [-0.15, -0.1) is 0 Å². The Bertz CT molecular complexity index is 824. The third-order valence-corrected chi connectivity index (χ3v) is 4.08. The van der Waals surface area contributed by atoms with Crippen molar-refractivity contribution in [2.45, 2.75) is 13.5 Å². The van der Waals surface area contributed by atoms with Crippen LogP contribution >= 0.6 is 0 Å². The minimum absolute atomic E-state index is 0.0284. The fraction of sp³-hybridized carbons (Fsp3) is 0.136. The summed E-state index contributed by atoms with van der Waals surface area (Å²) in [7, 11) is 1.79. The van der Waals surface area contributed by atoms with Gasteiger partial charge in [0, 0.05) is 18.3 Å². The van der Waals surface area contributed by atoms with Gasteiger partial charge in [0.1, 0.15) is 12.4 Å². The highest BCUT2D eigenvalue weighted by Gasteiger charge is 2.13. The van der Waals surface area contributed by atoms with Crippen LogP contribution in [0.5, 0.6) is 5.75 Å². The van der Waals surface area contributed by atoms with Gasteiger partial charge in [0.05, 0.1) is 0 Å². The molecule has 3 heteroatoms. The molecular weight excluding hydrogens is 310 g/mol. The van der Waals surface area contributed by atoms with Crippen LogP contribution in [-0.4, -0.2) is 13.0 Å². The molecule has 0 aliphatic rings. The van der Waals surface area contributed by atoms with E-state index in [2.05, 4.69) is 0 Å². The van der Waals surface area contributed by atoms with Crippen LogP contribution in [0.1, 0.15) is 21.5 Å². The number of hydrogen-bond acceptors (Lipinski definition) is 2. The second-order valence-electron chi connectivity index (χ2n) is 6.00. The number of rotatable bonds is 5. The zero-order chi connectivity index (χ0) is 17.6. The Labute approximate surface area is 148 Å². The van der Waals surface area contributed by atoms with Crippen molar-refractivity contribution in [2.75, 3.05) is 11.9 Å². The molecule has 0 aliphatic heterocycles. The van der Waals surface area contributed by atoms with Crippen molar-refractivity contribution in [1.82, 2.24) is 0 Å². The zero-order valence-electron chi connectivity index (χ0n) is 14.5. The fourth-order valence-electron chi connectivity index (χ4n) is 2.51. The number of amides is 1. The summed E-state index contributed by atoms with van der Waals surface area (Å²) in [5.41, 5.74) is 3.74. The molecule has 0 aliphatic carbocycles. The zero-order valence-corrected chi connectivity index (χ0v) is 14.5. The van der Waals surface area contributed by atoms with E-state index in [-0.39, 0.29) is 5.91 Å². The lowest BCUT2D eigenvalue weighted by Crippen LogP contribution is -2.26. The maximum atomic E-state index is 12.6. The average molecular weight is 331 g/mol. The Morgan fingerprint density at radius 2 is 1.52 bits per heavy atom. The van der Waals surface area contributed by atoms with E-state index in [1.54, 1.807) is 11.9 Å². The molecule has 126 valence electrons. The number of ether oxygens (including phenoxy) is 1. The quantitative estimate of drug-likeness (QED) is 0.669. The van der Waals surface area contributed by atoms with Crippen molar-refractivity contribution >= 4 is 11.6 Å². The van der Waals surface area contributed by atoms with Crippen LogP contribution in [0.25, 0.3) is 0 Å². The van der Waals surface area contributed by atoms with E-state index in [1.807, 2.05) is 85.8 Å². The molecule has 25 heavy (non-hydrogen) atoms. The maximum Gasteiger partial charge on any atom is 0.258 e. The molecule has 0 aromatic heterocycles. The van der Waals surface area contributed by atoms with Gasteiger partial charge in [-0.1, -0.05) is 48.0 Å². The number of hydrogen-bond donors (Lipinski definition) is 0. The summed E-state index contributed by atoms with van der Waals surface area (Å²) in [5.74, 6) is 0.807. The second-order valence-corrected chi connectivity index (χ2v) is 6.00. The predicted octanol–water partition coefficient (Wildman–Crippen LogP) is 4.85. The van der Waals surface area contributed by atoms with Gasteiger partial charge in [-0.3, -0.25) is 4.79 Å². The Balaban J connectivity index is 1.65. The van der Waals surface area contributed by atoms with Crippen molar-refractivity contribution < 1.29 is 9.53 Å². The van der Waals surface area contributed by atoms with E-state index in [0.29, 0.717) is 12.2 Å². The lowest BCUT2D eigenvalue weighted by atomic mass is 10.1. The summed E-state index contributed by atoms with van der Waals surface area (Å²) < 4.78 is 5.73. The van der Waals surface area contributed by atoms with Gasteiger partial charge >= 0.3 is 0 Å². The number of para-hydroxylation sites is 1. The van der Waals surface area contributed by atoms with Gasteiger partial charge < -0.3 is 9.64 Å². The monoisotopic (exact) mass is 331 g/mol. The normalized spacial score (nSPS) is 10.3. The van der Waals surface area contributed by atoms with Crippen LogP contribution < -0.4 is 9.64 Å². The summed E-state index contributed by atoms with van der Waals surface area (Å²) >= 11 is 0. The van der Waals surface area contributed by atoms with Gasteiger partial charge in [-0.2, -0.15) is 0 Å². The summed E-state index contributed by atoms with van der Waals surface area (Å²) in [6, 6.07) is 25.2. The molecule has 0 fully saturated rings. The van der Waals surface area contributed by atoms with E-state index in [9.17, 15) is 4.79 Å². The number of benzene rings is 3. The first kappa shape index (κ1) is 16.8. The van der Waals surface area contributed by atoms with Crippen LogP contribution in [0.2, 0.25) is 0 Å².